The van der Waals surface area contributed by atoms with E-state index in [1.807, 2.05) is 0 Å². The van der Waals surface area contributed by atoms with Gasteiger partial charge in [0, 0.05) is 25.2 Å². The standard InChI is InChI=1S/C13H19N3O4S.ClH/c1-9-5-6-12(16(17)18)13(10(9)2)21(19,20)15-7-3-4-11(14)8-15;/h5-6,11H,3-4,7-8,14H2,1-2H3;1H. The first kappa shape index (κ1) is 18.8. The first-order chi connectivity index (χ1) is 9.75. The number of aryl methyl sites for hydroxylation is 1. The number of nitrogens with two attached hydrogens (primary N) is 1. The maximum Gasteiger partial charge on any atom is 0.289 e. The number of nitro benzene ring substituents is 1. The van der Waals surface area contributed by atoms with Crippen molar-refractivity contribution < 1.29 is 13.3 Å². The molecule has 1 aromatic carbocycles. The Morgan fingerprint density at radius 2 is 2.00 bits per heavy atom. The van der Waals surface area contributed by atoms with Crippen LogP contribution < -0.4 is 5.73 Å². The normalized spacial score (nSPS) is 19.5. The first-order valence-electron chi connectivity index (χ1n) is 6.75. The SMILES string of the molecule is Cc1ccc([N+](=O)[O-])c(S(=O)(=O)N2CCCC(N)C2)c1C.Cl. The van der Waals surface area contributed by atoms with E-state index in [1.165, 1.54) is 10.4 Å². The van der Waals surface area contributed by atoms with E-state index in [0.29, 0.717) is 24.1 Å². The van der Waals surface area contributed by atoms with Crippen molar-refractivity contribution in [3.63, 3.8) is 0 Å². The van der Waals surface area contributed by atoms with Crippen LogP contribution >= 0.6 is 12.4 Å². The van der Waals surface area contributed by atoms with E-state index in [0.717, 1.165) is 6.42 Å². The number of halogens is 1. The van der Waals surface area contributed by atoms with Gasteiger partial charge in [0.25, 0.3) is 5.69 Å². The summed E-state index contributed by atoms with van der Waals surface area (Å²) in [6, 6.07) is 2.59. The van der Waals surface area contributed by atoms with Crippen molar-refractivity contribution in [2.45, 2.75) is 37.6 Å². The lowest BCUT2D eigenvalue weighted by Crippen LogP contribution is -2.45. The molecule has 1 aliphatic heterocycles. The van der Waals surface area contributed by atoms with Gasteiger partial charge in [0.2, 0.25) is 10.0 Å². The lowest BCUT2D eigenvalue weighted by Gasteiger charge is -2.30. The van der Waals surface area contributed by atoms with Gasteiger partial charge in [-0.1, -0.05) is 6.07 Å². The molecule has 9 heteroatoms. The largest absolute Gasteiger partial charge is 0.327 e. The molecule has 0 radical (unpaired) electrons. The number of rotatable bonds is 3. The van der Waals surface area contributed by atoms with Gasteiger partial charge in [0.05, 0.1) is 4.92 Å². The number of nitrogens with zero attached hydrogens (tertiary/aromatic N) is 2. The topological polar surface area (TPSA) is 107 Å². The molecule has 0 aromatic heterocycles. The molecule has 0 saturated carbocycles. The molecule has 1 unspecified atom stereocenters. The molecule has 1 aliphatic rings. The zero-order valence-electron chi connectivity index (χ0n) is 12.5. The number of sulfonamides is 1. The molecular formula is C13H20ClN3O4S. The van der Waals surface area contributed by atoms with Crippen LogP contribution in [0.5, 0.6) is 0 Å². The second kappa shape index (κ2) is 6.91. The summed E-state index contributed by atoms with van der Waals surface area (Å²) >= 11 is 0. The van der Waals surface area contributed by atoms with Gasteiger partial charge in [0.1, 0.15) is 0 Å². The average Bonchev–Trinajstić information content (AvgIpc) is 2.41. The van der Waals surface area contributed by atoms with Crippen LogP contribution in [0.15, 0.2) is 17.0 Å². The van der Waals surface area contributed by atoms with Crippen LogP contribution in [0, 0.1) is 24.0 Å². The van der Waals surface area contributed by atoms with E-state index < -0.39 is 14.9 Å². The van der Waals surface area contributed by atoms with E-state index in [4.69, 9.17) is 5.73 Å². The van der Waals surface area contributed by atoms with Crippen LogP contribution in [0.4, 0.5) is 5.69 Å². The van der Waals surface area contributed by atoms with Crippen LogP contribution in [0.25, 0.3) is 0 Å². The number of benzene rings is 1. The fraction of sp³-hybridized carbons (Fsp3) is 0.538. The zero-order valence-corrected chi connectivity index (χ0v) is 14.1. The van der Waals surface area contributed by atoms with Gasteiger partial charge in [-0.05, 0) is 37.8 Å². The molecule has 1 fully saturated rings. The number of hydrogen-bond acceptors (Lipinski definition) is 5. The maximum atomic E-state index is 12.8. The lowest BCUT2D eigenvalue weighted by molar-refractivity contribution is -0.388. The van der Waals surface area contributed by atoms with Crippen LogP contribution in [0.1, 0.15) is 24.0 Å². The second-order valence-corrected chi connectivity index (χ2v) is 7.25. The van der Waals surface area contributed by atoms with Crippen molar-refractivity contribution in [3.05, 3.63) is 33.4 Å². The van der Waals surface area contributed by atoms with Crippen molar-refractivity contribution in [2.75, 3.05) is 13.1 Å². The highest BCUT2D eigenvalue weighted by Gasteiger charge is 2.35. The highest BCUT2D eigenvalue weighted by Crippen LogP contribution is 2.32. The Morgan fingerprint density at radius 3 is 2.55 bits per heavy atom. The third kappa shape index (κ3) is 3.40. The van der Waals surface area contributed by atoms with Crippen molar-refractivity contribution in [3.8, 4) is 0 Å². The lowest BCUT2D eigenvalue weighted by atomic mass is 10.1. The molecule has 2 N–H and O–H groups in total. The molecule has 0 bridgehead atoms. The summed E-state index contributed by atoms with van der Waals surface area (Å²) in [5.41, 5.74) is 6.58. The quantitative estimate of drug-likeness (QED) is 0.660. The Kier molecular flexibility index (Phi) is 5.91. The van der Waals surface area contributed by atoms with Gasteiger partial charge in [-0.25, -0.2) is 8.42 Å². The highest BCUT2D eigenvalue weighted by molar-refractivity contribution is 7.89. The average molecular weight is 350 g/mol. The summed E-state index contributed by atoms with van der Waals surface area (Å²) in [6.45, 7) is 3.88. The summed E-state index contributed by atoms with van der Waals surface area (Å²) in [5, 5.41) is 11.2. The molecule has 1 aromatic rings. The van der Waals surface area contributed by atoms with Gasteiger partial charge in [-0.2, -0.15) is 4.31 Å². The Hall–Kier alpha value is -1.22. The molecule has 1 heterocycles. The van der Waals surface area contributed by atoms with Crippen molar-refractivity contribution >= 4 is 28.1 Å². The summed E-state index contributed by atoms with van der Waals surface area (Å²) in [7, 11) is -3.91. The van der Waals surface area contributed by atoms with E-state index in [-0.39, 0.29) is 35.6 Å². The van der Waals surface area contributed by atoms with Gasteiger partial charge < -0.3 is 5.73 Å². The summed E-state index contributed by atoms with van der Waals surface area (Å²) in [6.07, 6.45) is 1.43. The van der Waals surface area contributed by atoms with Crippen LogP contribution in [-0.4, -0.2) is 36.8 Å². The third-order valence-corrected chi connectivity index (χ3v) is 5.91. The van der Waals surface area contributed by atoms with Crippen LogP contribution in [0.2, 0.25) is 0 Å². The molecule has 0 spiro atoms. The van der Waals surface area contributed by atoms with Crippen LogP contribution in [-0.2, 0) is 10.0 Å². The minimum atomic E-state index is -3.91. The zero-order chi connectivity index (χ0) is 15.8. The first-order valence-corrected chi connectivity index (χ1v) is 8.19. The predicted octanol–water partition coefficient (Wildman–Crippen LogP) is 1.75. The van der Waals surface area contributed by atoms with Crippen molar-refractivity contribution in [1.29, 1.82) is 0 Å². The smallest absolute Gasteiger partial charge is 0.289 e. The second-order valence-electron chi connectivity index (χ2n) is 5.38. The minimum absolute atomic E-state index is 0. The number of hydrogen-bond donors (Lipinski definition) is 1. The summed E-state index contributed by atoms with van der Waals surface area (Å²) < 4.78 is 26.9. The summed E-state index contributed by atoms with van der Waals surface area (Å²) in [5.74, 6) is 0. The van der Waals surface area contributed by atoms with Gasteiger partial charge >= 0.3 is 0 Å². The van der Waals surface area contributed by atoms with Crippen LogP contribution in [0.3, 0.4) is 0 Å². The predicted molar refractivity (Wildman–Crippen MR) is 85.8 cm³/mol. The molecule has 0 aliphatic carbocycles. The third-order valence-electron chi connectivity index (χ3n) is 3.87. The Labute approximate surface area is 136 Å². The molecule has 0 amide bonds. The highest BCUT2D eigenvalue weighted by atomic mass is 35.5. The maximum absolute atomic E-state index is 12.8. The fourth-order valence-corrected chi connectivity index (χ4v) is 4.54. The molecule has 1 atom stereocenters. The molecule has 22 heavy (non-hydrogen) atoms. The van der Waals surface area contributed by atoms with Crippen molar-refractivity contribution in [1.82, 2.24) is 4.31 Å². The van der Waals surface area contributed by atoms with Gasteiger partial charge in [-0.15, -0.1) is 12.4 Å². The van der Waals surface area contributed by atoms with E-state index in [9.17, 15) is 18.5 Å². The molecule has 1 saturated heterocycles. The Morgan fingerprint density at radius 1 is 1.36 bits per heavy atom. The van der Waals surface area contributed by atoms with E-state index in [1.54, 1.807) is 19.9 Å². The molecule has 7 nitrogen and oxygen atoms in total. The summed E-state index contributed by atoms with van der Waals surface area (Å²) in [4.78, 5) is 10.3. The van der Waals surface area contributed by atoms with Gasteiger partial charge in [0.15, 0.2) is 4.90 Å². The Balaban J connectivity index is 0.00000242. The molecule has 2 rings (SSSR count). The van der Waals surface area contributed by atoms with E-state index >= 15 is 0 Å². The van der Waals surface area contributed by atoms with E-state index in [2.05, 4.69) is 0 Å². The Bertz CT molecular complexity index is 678. The number of piperidine rings is 1. The van der Waals surface area contributed by atoms with Crippen molar-refractivity contribution in [2.24, 2.45) is 5.73 Å². The number of nitro groups is 1. The van der Waals surface area contributed by atoms with Gasteiger partial charge in [-0.3, -0.25) is 10.1 Å². The molecular weight excluding hydrogens is 330 g/mol. The minimum Gasteiger partial charge on any atom is -0.327 e. The molecule has 124 valence electrons. The monoisotopic (exact) mass is 349 g/mol. The fourth-order valence-electron chi connectivity index (χ4n) is 2.57.